The fourth-order valence-corrected chi connectivity index (χ4v) is 3.53. The number of aryl methyl sites for hydroxylation is 1. The highest BCUT2D eigenvalue weighted by Gasteiger charge is 2.13. The van der Waals surface area contributed by atoms with Crippen LogP contribution < -0.4 is 5.32 Å². The van der Waals surface area contributed by atoms with E-state index in [1.165, 1.54) is 6.26 Å². The van der Waals surface area contributed by atoms with Crippen LogP contribution in [0, 0.1) is 6.92 Å². The Balaban J connectivity index is 1.64. The van der Waals surface area contributed by atoms with Crippen LogP contribution in [0.4, 0.5) is 0 Å². The lowest BCUT2D eigenvalue weighted by molar-refractivity contribution is 0.0940. The van der Waals surface area contributed by atoms with E-state index in [1.807, 2.05) is 36.7 Å². The number of imidazole rings is 1. The van der Waals surface area contributed by atoms with E-state index in [1.54, 1.807) is 42.6 Å². The molecule has 6 nitrogen and oxygen atoms in total. The molecule has 1 amide bonds. The van der Waals surface area contributed by atoms with Gasteiger partial charge >= 0.3 is 0 Å². The van der Waals surface area contributed by atoms with E-state index in [4.69, 9.17) is 0 Å². The lowest BCUT2D eigenvalue weighted by Gasteiger charge is -2.15. The zero-order valence-electron chi connectivity index (χ0n) is 16.1. The van der Waals surface area contributed by atoms with Gasteiger partial charge in [0.25, 0.3) is 5.91 Å². The van der Waals surface area contributed by atoms with Crippen molar-refractivity contribution in [3.05, 3.63) is 83.4 Å². The maximum Gasteiger partial charge on any atom is 0.251 e. The van der Waals surface area contributed by atoms with Crippen molar-refractivity contribution in [3.8, 4) is 0 Å². The maximum atomic E-state index is 12.5. The monoisotopic (exact) mass is 397 g/mol. The molecule has 0 spiro atoms. The molecule has 1 N–H and O–H groups in total. The number of carbonyl (C=O) groups excluding carboxylic acids is 1. The maximum absolute atomic E-state index is 12.5. The molecule has 1 heterocycles. The first kappa shape index (κ1) is 19.8. The van der Waals surface area contributed by atoms with Gasteiger partial charge < -0.3 is 9.88 Å². The van der Waals surface area contributed by atoms with Gasteiger partial charge in [-0.3, -0.25) is 4.79 Å². The molecule has 1 atom stereocenters. The molecular formula is C21H23N3O3S. The van der Waals surface area contributed by atoms with Gasteiger partial charge in [-0.25, -0.2) is 13.4 Å². The van der Waals surface area contributed by atoms with E-state index in [-0.39, 0.29) is 16.8 Å². The second-order valence-corrected chi connectivity index (χ2v) is 8.85. The number of nitrogens with zero attached hydrogens (tertiary/aromatic N) is 2. The minimum atomic E-state index is -3.23. The van der Waals surface area contributed by atoms with Gasteiger partial charge in [0.05, 0.1) is 10.9 Å². The summed E-state index contributed by atoms with van der Waals surface area (Å²) in [6.45, 7) is 4.52. The number of carbonyl (C=O) groups is 1. The number of hydrogen-bond acceptors (Lipinski definition) is 4. The van der Waals surface area contributed by atoms with Crippen LogP contribution in [0.15, 0.2) is 65.8 Å². The van der Waals surface area contributed by atoms with Crippen LogP contribution >= 0.6 is 0 Å². The van der Waals surface area contributed by atoms with Gasteiger partial charge in [0, 0.05) is 30.8 Å². The summed E-state index contributed by atoms with van der Waals surface area (Å²) in [5.74, 6) is 0.766. The Morgan fingerprint density at radius 2 is 1.75 bits per heavy atom. The molecule has 0 unspecified atom stereocenters. The largest absolute Gasteiger partial charge is 0.346 e. The molecule has 3 aromatic rings. The molecule has 0 radical (unpaired) electrons. The highest BCUT2D eigenvalue weighted by atomic mass is 32.2. The molecule has 0 aliphatic heterocycles. The van der Waals surface area contributed by atoms with Crippen LogP contribution in [-0.4, -0.2) is 30.1 Å². The molecule has 0 fully saturated rings. The smallest absolute Gasteiger partial charge is 0.251 e. The van der Waals surface area contributed by atoms with Crippen molar-refractivity contribution in [1.29, 1.82) is 0 Å². The topological polar surface area (TPSA) is 81.1 Å². The molecule has 28 heavy (non-hydrogen) atoms. The molecule has 0 saturated carbocycles. The van der Waals surface area contributed by atoms with Gasteiger partial charge in [0.2, 0.25) is 0 Å². The summed E-state index contributed by atoms with van der Waals surface area (Å²) in [7, 11) is -3.23. The van der Waals surface area contributed by atoms with Crippen molar-refractivity contribution in [2.45, 2.75) is 31.3 Å². The van der Waals surface area contributed by atoms with E-state index in [2.05, 4.69) is 10.3 Å². The summed E-state index contributed by atoms with van der Waals surface area (Å²) in [4.78, 5) is 17.0. The average Bonchev–Trinajstić information content (AvgIpc) is 3.06. The molecule has 0 bridgehead atoms. The van der Waals surface area contributed by atoms with E-state index < -0.39 is 9.84 Å². The third-order valence-corrected chi connectivity index (χ3v) is 5.78. The molecule has 3 rings (SSSR count). The van der Waals surface area contributed by atoms with Crippen molar-refractivity contribution in [2.24, 2.45) is 0 Å². The summed E-state index contributed by atoms with van der Waals surface area (Å²) in [5.41, 5.74) is 2.50. The van der Waals surface area contributed by atoms with Gasteiger partial charge in [-0.1, -0.05) is 24.3 Å². The van der Waals surface area contributed by atoms with Gasteiger partial charge in [-0.05, 0) is 49.2 Å². The van der Waals surface area contributed by atoms with Crippen LogP contribution in [0.2, 0.25) is 0 Å². The molecule has 0 aliphatic rings. The first-order chi connectivity index (χ1) is 13.2. The molecule has 0 saturated heterocycles. The predicted molar refractivity (Wildman–Crippen MR) is 108 cm³/mol. The lowest BCUT2D eigenvalue weighted by Crippen LogP contribution is -2.26. The first-order valence-corrected chi connectivity index (χ1v) is 10.8. The van der Waals surface area contributed by atoms with Crippen LogP contribution in [0.5, 0.6) is 0 Å². The zero-order chi connectivity index (χ0) is 20.3. The third-order valence-electron chi connectivity index (χ3n) is 4.65. The van der Waals surface area contributed by atoms with E-state index in [9.17, 15) is 13.2 Å². The number of sulfone groups is 1. The molecule has 146 valence electrons. The minimum absolute atomic E-state index is 0.176. The Morgan fingerprint density at radius 1 is 1.11 bits per heavy atom. The normalized spacial score (nSPS) is 12.5. The van der Waals surface area contributed by atoms with Gasteiger partial charge in [-0.2, -0.15) is 0 Å². The number of aromatic nitrogens is 2. The average molecular weight is 398 g/mol. The van der Waals surface area contributed by atoms with Crippen molar-refractivity contribution in [1.82, 2.24) is 14.9 Å². The second-order valence-electron chi connectivity index (χ2n) is 6.84. The Hall–Kier alpha value is -2.93. The molecule has 2 aromatic carbocycles. The van der Waals surface area contributed by atoms with Gasteiger partial charge in [0.1, 0.15) is 5.82 Å². The Bertz CT molecular complexity index is 1070. The highest BCUT2D eigenvalue weighted by Crippen LogP contribution is 2.17. The standard InChI is InChI=1S/C21H23N3O3S/c1-15(18-8-10-20(11-9-18)28(3,26)27)23-21(25)19-6-4-17(5-7-19)14-24-13-12-22-16(24)2/h4-13,15H,14H2,1-3H3,(H,23,25)/t15-/m1/s1. The molecule has 7 heteroatoms. The summed E-state index contributed by atoms with van der Waals surface area (Å²) >= 11 is 0. The molecular weight excluding hydrogens is 374 g/mol. The quantitative estimate of drug-likeness (QED) is 0.693. The third kappa shape index (κ3) is 4.67. The highest BCUT2D eigenvalue weighted by molar-refractivity contribution is 7.90. The van der Waals surface area contributed by atoms with Gasteiger partial charge in [-0.15, -0.1) is 0 Å². The summed E-state index contributed by atoms with van der Waals surface area (Å²) in [5, 5.41) is 2.94. The predicted octanol–water partition coefficient (Wildman–Crippen LogP) is 3.13. The minimum Gasteiger partial charge on any atom is -0.346 e. The fourth-order valence-electron chi connectivity index (χ4n) is 2.90. The summed E-state index contributed by atoms with van der Waals surface area (Å²) in [6, 6.07) is 13.8. The Kier molecular flexibility index (Phi) is 5.65. The zero-order valence-corrected chi connectivity index (χ0v) is 16.9. The van der Waals surface area contributed by atoms with Crippen LogP contribution in [0.3, 0.4) is 0 Å². The fraction of sp³-hybridized carbons (Fsp3) is 0.238. The number of nitrogens with one attached hydrogen (secondary N) is 1. The van der Waals surface area contributed by atoms with E-state index >= 15 is 0 Å². The number of amides is 1. The van der Waals surface area contributed by atoms with Crippen molar-refractivity contribution < 1.29 is 13.2 Å². The van der Waals surface area contributed by atoms with Gasteiger partial charge in [0.15, 0.2) is 9.84 Å². The Labute approximate surface area is 165 Å². The van der Waals surface area contributed by atoms with E-state index in [0.717, 1.165) is 17.0 Å². The van der Waals surface area contributed by atoms with Crippen molar-refractivity contribution in [2.75, 3.05) is 6.26 Å². The van der Waals surface area contributed by atoms with Crippen LogP contribution in [0.1, 0.15) is 40.3 Å². The number of hydrogen-bond donors (Lipinski definition) is 1. The van der Waals surface area contributed by atoms with Crippen molar-refractivity contribution >= 4 is 15.7 Å². The summed E-state index contributed by atoms with van der Waals surface area (Å²) in [6.07, 6.45) is 4.86. The molecule has 1 aromatic heterocycles. The number of rotatable bonds is 6. The second kappa shape index (κ2) is 7.98. The van der Waals surface area contributed by atoms with Crippen LogP contribution in [-0.2, 0) is 16.4 Å². The Morgan fingerprint density at radius 3 is 2.29 bits per heavy atom. The van der Waals surface area contributed by atoms with Crippen LogP contribution in [0.25, 0.3) is 0 Å². The first-order valence-electron chi connectivity index (χ1n) is 8.91. The lowest BCUT2D eigenvalue weighted by atomic mass is 10.1. The van der Waals surface area contributed by atoms with E-state index in [0.29, 0.717) is 12.1 Å². The van der Waals surface area contributed by atoms with Crippen molar-refractivity contribution in [3.63, 3.8) is 0 Å². The SMILES string of the molecule is Cc1nccn1Cc1ccc(C(=O)N[C@H](C)c2ccc(S(C)(=O)=O)cc2)cc1. The summed E-state index contributed by atoms with van der Waals surface area (Å²) < 4.78 is 25.1. The molecule has 0 aliphatic carbocycles. The number of benzene rings is 2.